The smallest absolute Gasteiger partial charge is 0.262 e. The Labute approximate surface area is 101 Å². The number of hydrogen-bond acceptors (Lipinski definition) is 5. The molecule has 0 amide bonds. The zero-order valence-electron chi connectivity index (χ0n) is 9.55. The zero-order valence-corrected chi connectivity index (χ0v) is 9.55. The molecule has 2 unspecified atom stereocenters. The van der Waals surface area contributed by atoms with Crippen molar-refractivity contribution in [2.24, 2.45) is 11.7 Å². The zero-order chi connectivity index (χ0) is 12.9. The maximum Gasteiger partial charge on any atom is 0.262 e. The summed E-state index contributed by atoms with van der Waals surface area (Å²) in [7, 11) is 0. The van der Waals surface area contributed by atoms with Crippen LogP contribution in [0.2, 0.25) is 0 Å². The number of H-pyrrole nitrogens is 1. The number of rotatable bonds is 2. The largest absolute Gasteiger partial charge is 0.387 e. The van der Waals surface area contributed by atoms with Crippen LogP contribution < -0.4 is 17.1 Å². The van der Waals surface area contributed by atoms with Crippen LogP contribution in [-0.4, -0.2) is 25.7 Å². The van der Waals surface area contributed by atoms with E-state index in [1.165, 1.54) is 6.20 Å². The van der Waals surface area contributed by atoms with Crippen molar-refractivity contribution < 1.29 is 0 Å². The molecule has 2 atom stereocenters. The van der Waals surface area contributed by atoms with Crippen molar-refractivity contribution in [2.75, 3.05) is 5.84 Å². The first kappa shape index (κ1) is 10.8. The fourth-order valence-electron chi connectivity index (χ4n) is 2.33. The molecule has 8 heteroatoms. The van der Waals surface area contributed by atoms with Gasteiger partial charge in [0.25, 0.3) is 5.56 Å². The summed E-state index contributed by atoms with van der Waals surface area (Å²) in [5.41, 5.74) is 5.59. The van der Waals surface area contributed by atoms with Crippen molar-refractivity contribution in [2.45, 2.75) is 18.8 Å². The standard InChI is InChI=1S/C10H13N7O/c11-7(12)4-1-2-5(4)8-15-9-6(10(18)16-8)3-14-17(9)13/h3-5H,1-2,13H2,(H3,11,12)(H,15,16,18). The minimum atomic E-state index is -0.263. The van der Waals surface area contributed by atoms with Gasteiger partial charge in [-0.15, -0.1) is 0 Å². The second-order valence-electron chi connectivity index (χ2n) is 4.52. The molecule has 0 bridgehead atoms. The van der Waals surface area contributed by atoms with Crippen LogP contribution in [0.3, 0.4) is 0 Å². The minimum absolute atomic E-state index is 0.00509. The number of nitrogen functional groups attached to an aromatic ring is 1. The van der Waals surface area contributed by atoms with Crippen LogP contribution in [0.1, 0.15) is 24.6 Å². The lowest BCUT2D eigenvalue weighted by molar-refractivity contribution is 0.322. The third-order valence-corrected chi connectivity index (χ3v) is 3.51. The Hall–Kier alpha value is -2.38. The Morgan fingerprint density at radius 2 is 2.33 bits per heavy atom. The highest BCUT2D eigenvalue weighted by Crippen LogP contribution is 2.40. The van der Waals surface area contributed by atoms with E-state index in [0.29, 0.717) is 16.9 Å². The molecular formula is C10H13N7O. The number of fused-ring (bicyclic) bond motifs is 1. The molecule has 0 aliphatic heterocycles. The van der Waals surface area contributed by atoms with E-state index >= 15 is 0 Å². The van der Waals surface area contributed by atoms with Gasteiger partial charge in [-0.1, -0.05) is 0 Å². The lowest BCUT2D eigenvalue weighted by Gasteiger charge is -2.34. The number of aromatic nitrogens is 4. The van der Waals surface area contributed by atoms with Crippen LogP contribution in [0.4, 0.5) is 0 Å². The molecule has 1 saturated carbocycles. The fraction of sp³-hybridized carbons (Fsp3) is 0.400. The molecule has 0 saturated heterocycles. The van der Waals surface area contributed by atoms with E-state index in [2.05, 4.69) is 15.1 Å². The predicted octanol–water partition coefficient (Wildman–Crippen LogP) is -0.737. The SMILES string of the molecule is N=C(N)C1CCC1c1nc2c(cnn2N)c(=O)[nH]1. The van der Waals surface area contributed by atoms with Gasteiger partial charge in [0, 0.05) is 11.8 Å². The molecule has 94 valence electrons. The van der Waals surface area contributed by atoms with Crippen molar-refractivity contribution in [3.8, 4) is 0 Å². The topological polar surface area (TPSA) is 139 Å². The highest BCUT2D eigenvalue weighted by molar-refractivity contribution is 5.81. The number of aromatic amines is 1. The van der Waals surface area contributed by atoms with Crippen LogP contribution in [0.5, 0.6) is 0 Å². The second kappa shape index (κ2) is 3.56. The molecule has 0 aromatic carbocycles. The summed E-state index contributed by atoms with van der Waals surface area (Å²) >= 11 is 0. The average Bonchev–Trinajstić information content (AvgIpc) is 2.58. The maximum absolute atomic E-state index is 11.8. The van der Waals surface area contributed by atoms with E-state index in [0.717, 1.165) is 17.6 Å². The van der Waals surface area contributed by atoms with E-state index < -0.39 is 0 Å². The molecule has 6 N–H and O–H groups in total. The van der Waals surface area contributed by atoms with Gasteiger partial charge in [-0.25, -0.2) is 4.98 Å². The molecule has 1 aliphatic carbocycles. The first-order valence-electron chi connectivity index (χ1n) is 5.65. The Morgan fingerprint density at radius 1 is 1.56 bits per heavy atom. The van der Waals surface area contributed by atoms with Gasteiger partial charge in [-0.3, -0.25) is 10.2 Å². The number of nitrogens with zero attached hydrogens (tertiary/aromatic N) is 3. The van der Waals surface area contributed by atoms with Gasteiger partial charge in [0.1, 0.15) is 11.2 Å². The summed E-state index contributed by atoms with van der Waals surface area (Å²) in [5.74, 6) is 6.21. The molecule has 3 rings (SSSR count). The van der Waals surface area contributed by atoms with E-state index in [-0.39, 0.29) is 23.2 Å². The molecule has 0 spiro atoms. The monoisotopic (exact) mass is 247 g/mol. The first-order valence-corrected chi connectivity index (χ1v) is 5.65. The molecule has 0 radical (unpaired) electrons. The molecule has 8 nitrogen and oxygen atoms in total. The van der Waals surface area contributed by atoms with Crippen LogP contribution >= 0.6 is 0 Å². The van der Waals surface area contributed by atoms with Crippen molar-refractivity contribution in [3.63, 3.8) is 0 Å². The third-order valence-electron chi connectivity index (χ3n) is 3.51. The summed E-state index contributed by atoms with van der Waals surface area (Å²) in [6, 6.07) is 0. The van der Waals surface area contributed by atoms with Crippen molar-refractivity contribution >= 4 is 16.9 Å². The Kier molecular flexibility index (Phi) is 2.12. The van der Waals surface area contributed by atoms with Gasteiger partial charge in [0.15, 0.2) is 5.65 Å². The van der Waals surface area contributed by atoms with E-state index in [1.54, 1.807) is 0 Å². The lowest BCUT2D eigenvalue weighted by atomic mass is 9.72. The molecule has 2 aromatic rings. The molecule has 2 heterocycles. The number of hydrogen-bond donors (Lipinski definition) is 4. The number of nitrogens with two attached hydrogens (primary N) is 2. The predicted molar refractivity (Wildman–Crippen MR) is 65.7 cm³/mol. The molecular weight excluding hydrogens is 234 g/mol. The molecule has 1 aliphatic rings. The van der Waals surface area contributed by atoms with Crippen molar-refractivity contribution in [1.29, 1.82) is 5.41 Å². The Bertz CT molecular complexity index is 685. The van der Waals surface area contributed by atoms with Crippen LogP contribution in [-0.2, 0) is 0 Å². The van der Waals surface area contributed by atoms with E-state index in [4.69, 9.17) is 17.0 Å². The van der Waals surface area contributed by atoms with Crippen LogP contribution in [0, 0.1) is 11.3 Å². The highest BCUT2D eigenvalue weighted by atomic mass is 16.1. The summed E-state index contributed by atoms with van der Waals surface area (Å²) in [4.78, 5) is 20.0. The average molecular weight is 247 g/mol. The summed E-state index contributed by atoms with van der Waals surface area (Å²) in [6.45, 7) is 0. The normalized spacial score (nSPS) is 22.9. The van der Waals surface area contributed by atoms with Crippen LogP contribution in [0.15, 0.2) is 11.0 Å². The third kappa shape index (κ3) is 1.38. The second-order valence-corrected chi connectivity index (χ2v) is 4.52. The summed E-state index contributed by atoms with van der Waals surface area (Å²) in [5, 5.41) is 11.6. The van der Waals surface area contributed by atoms with Crippen molar-refractivity contribution in [3.05, 3.63) is 22.4 Å². The van der Waals surface area contributed by atoms with Gasteiger partial charge in [0.2, 0.25) is 0 Å². The van der Waals surface area contributed by atoms with Crippen molar-refractivity contribution in [1.82, 2.24) is 19.9 Å². The maximum atomic E-state index is 11.8. The molecule has 2 aromatic heterocycles. The van der Waals surface area contributed by atoms with E-state index in [1.807, 2.05) is 0 Å². The van der Waals surface area contributed by atoms with Gasteiger partial charge in [-0.05, 0) is 12.8 Å². The Balaban J connectivity index is 2.10. The lowest BCUT2D eigenvalue weighted by Crippen LogP contribution is -2.37. The van der Waals surface area contributed by atoms with Gasteiger partial charge in [0.05, 0.1) is 12.0 Å². The van der Waals surface area contributed by atoms with Gasteiger partial charge >= 0.3 is 0 Å². The number of nitrogens with one attached hydrogen (secondary N) is 2. The number of amidine groups is 1. The summed E-state index contributed by atoms with van der Waals surface area (Å²) in [6.07, 6.45) is 3.09. The van der Waals surface area contributed by atoms with Gasteiger partial charge in [-0.2, -0.15) is 9.89 Å². The molecule has 18 heavy (non-hydrogen) atoms. The highest BCUT2D eigenvalue weighted by Gasteiger charge is 2.36. The van der Waals surface area contributed by atoms with E-state index in [9.17, 15) is 4.79 Å². The summed E-state index contributed by atoms with van der Waals surface area (Å²) < 4.78 is 0. The molecule has 1 fully saturated rings. The van der Waals surface area contributed by atoms with Crippen LogP contribution in [0.25, 0.3) is 11.0 Å². The fourth-order valence-corrected chi connectivity index (χ4v) is 2.33. The quantitative estimate of drug-likeness (QED) is 0.314. The minimum Gasteiger partial charge on any atom is -0.387 e. The Morgan fingerprint density at radius 3 is 2.94 bits per heavy atom. The first-order chi connectivity index (χ1) is 8.58. The van der Waals surface area contributed by atoms with Gasteiger partial charge < -0.3 is 16.6 Å².